The van der Waals surface area contributed by atoms with Crippen LogP contribution in [-0.4, -0.2) is 34.8 Å². The van der Waals surface area contributed by atoms with Crippen molar-refractivity contribution in [2.75, 3.05) is 13.7 Å². The zero-order valence-corrected chi connectivity index (χ0v) is 19.0. The molecule has 0 N–H and O–H groups in total. The lowest BCUT2D eigenvalue weighted by Gasteiger charge is -2.37. The molecule has 0 aromatic heterocycles. The summed E-state index contributed by atoms with van der Waals surface area (Å²) in [5, 5.41) is 0. The van der Waals surface area contributed by atoms with E-state index in [1.165, 1.54) is 5.56 Å². The predicted octanol–water partition coefficient (Wildman–Crippen LogP) is 5.10. The van der Waals surface area contributed by atoms with Crippen LogP contribution in [0.1, 0.15) is 71.4 Å². The van der Waals surface area contributed by atoms with Gasteiger partial charge in [0.2, 0.25) is 0 Å². The first-order valence-corrected chi connectivity index (χ1v) is 11.6. The fraction of sp³-hybridized carbons (Fsp3) is 0.696. The number of methoxy groups -OCH3 is 1. The van der Waals surface area contributed by atoms with Crippen LogP contribution < -0.4 is 4.74 Å². The highest BCUT2D eigenvalue weighted by Crippen LogP contribution is 2.49. The highest BCUT2D eigenvalue weighted by atomic mass is 32.2. The Morgan fingerprint density at radius 1 is 1.25 bits per heavy atom. The van der Waals surface area contributed by atoms with E-state index in [2.05, 4.69) is 32.0 Å². The zero-order valence-electron chi connectivity index (χ0n) is 18.2. The number of rotatable bonds is 5. The largest absolute Gasteiger partial charge is 0.591 e. The van der Waals surface area contributed by atoms with E-state index < -0.39 is 11.4 Å². The minimum absolute atomic E-state index is 0.0189. The average molecular weight is 406 g/mol. The van der Waals surface area contributed by atoms with Gasteiger partial charge in [0, 0.05) is 18.1 Å². The molecule has 28 heavy (non-hydrogen) atoms. The summed E-state index contributed by atoms with van der Waals surface area (Å²) in [6.45, 7) is 10.9. The number of hydrogen-bond acceptors (Lipinski definition) is 4. The quantitative estimate of drug-likeness (QED) is 0.640. The number of fused-ring (bicyclic) bond motifs is 1. The molecule has 0 radical (unpaired) electrons. The summed E-state index contributed by atoms with van der Waals surface area (Å²) in [7, 11) is 1.80. The molecule has 0 bridgehead atoms. The Morgan fingerprint density at radius 2 is 1.93 bits per heavy atom. The van der Waals surface area contributed by atoms with E-state index in [0.29, 0.717) is 18.6 Å². The molecule has 1 aromatic rings. The molecule has 0 heterocycles. The fourth-order valence-corrected chi connectivity index (χ4v) is 4.91. The lowest BCUT2D eigenvalue weighted by atomic mass is 9.70. The Bertz CT molecular complexity index is 715. The topological polar surface area (TPSA) is 53.9 Å². The van der Waals surface area contributed by atoms with Crippen LogP contribution in [0.3, 0.4) is 0 Å². The number of benzene rings is 1. The molecule has 0 saturated heterocycles. The van der Waals surface area contributed by atoms with Crippen molar-refractivity contribution in [3.63, 3.8) is 0 Å². The van der Waals surface area contributed by atoms with Crippen molar-refractivity contribution >= 4 is 17.1 Å². The first-order chi connectivity index (χ1) is 13.1. The first kappa shape index (κ1) is 21.7. The van der Waals surface area contributed by atoms with E-state index in [4.69, 9.17) is 13.9 Å². The van der Waals surface area contributed by atoms with Crippen LogP contribution >= 0.6 is 0 Å². The van der Waals surface area contributed by atoms with Crippen LogP contribution in [-0.2, 0) is 22.5 Å². The molecule has 1 spiro atoms. The highest BCUT2D eigenvalue weighted by Gasteiger charge is 2.47. The molecular weight excluding hydrogens is 370 g/mol. The van der Waals surface area contributed by atoms with Crippen LogP contribution in [0.4, 0.5) is 0 Å². The molecule has 5 heteroatoms. The molecule has 2 aliphatic rings. The van der Waals surface area contributed by atoms with E-state index in [9.17, 15) is 4.55 Å². The summed E-state index contributed by atoms with van der Waals surface area (Å²) in [5.74, 6) is 1.36. The molecular formula is C23H35NO3S. The van der Waals surface area contributed by atoms with Crippen molar-refractivity contribution in [1.29, 1.82) is 0 Å². The molecule has 0 aliphatic heterocycles. The lowest BCUT2D eigenvalue weighted by Crippen LogP contribution is -2.37. The Hall–Kier alpha value is -1.04. The Balaban J connectivity index is 1.97. The van der Waals surface area contributed by atoms with E-state index in [0.717, 1.165) is 49.1 Å². The SMILES string of the molecule is CO[C@H]1CC[C@]2(CC1)Cc1ccc(OCC(C)C)cc1/C2=N\[S+]([O-])C(C)(C)C. The third kappa shape index (κ3) is 4.58. The molecule has 1 aromatic carbocycles. The van der Waals surface area contributed by atoms with Crippen molar-refractivity contribution in [2.45, 2.75) is 77.6 Å². The number of ether oxygens (including phenoxy) is 2. The molecule has 1 saturated carbocycles. The predicted molar refractivity (Wildman–Crippen MR) is 117 cm³/mol. The Kier molecular flexibility index (Phi) is 6.48. The van der Waals surface area contributed by atoms with Crippen LogP contribution in [0.5, 0.6) is 5.75 Å². The minimum atomic E-state index is -1.27. The van der Waals surface area contributed by atoms with Crippen molar-refractivity contribution in [3.8, 4) is 5.75 Å². The third-order valence-corrected chi connectivity index (χ3v) is 7.27. The van der Waals surface area contributed by atoms with Gasteiger partial charge >= 0.3 is 0 Å². The summed E-state index contributed by atoms with van der Waals surface area (Å²) >= 11 is -1.27. The Labute approximate surface area is 173 Å². The summed E-state index contributed by atoms with van der Waals surface area (Å²) < 4.78 is 29.0. The van der Waals surface area contributed by atoms with Gasteiger partial charge in [-0.1, -0.05) is 24.3 Å². The fourth-order valence-electron chi connectivity index (χ4n) is 4.18. The van der Waals surface area contributed by atoms with E-state index >= 15 is 0 Å². The van der Waals surface area contributed by atoms with Gasteiger partial charge in [0.1, 0.15) is 27.6 Å². The third-order valence-electron chi connectivity index (χ3n) is 5.87. The van der Waals surface area contributed by atoms with Crippen molar-refractivity contribution in [1.82, 2.24) is 0 Å². The van der Waals surface area contributed by atoms with Gasteiger partial charge in [0.05, 0.1) is 12.7 Å². The standard InChI is InChI=1S/C23H35NO3S/c1-16(2)15-27-19-8-7-17-14-23(11-9-18(26-6)10-12-23)21(20(17)13-19)24-28(25)22(3,4)5/h7-8,13,16,18H,9-12,14-15H2,1-6H3/b24-21+/t18-,23-,28?. The molecule has 2 aliphatic carbocycles. The average Bonchev–Trinajstić information content (AvgIpc) is 2.92. The van der Waals surface area contributed by atoms with Gasteiger partial charge < -0.3 is 14.0 Å². The number of nitrogens with zero attached hydrogens (tertiary/aromatic N) is 1. The zero-order chi connectivity index (χ0) is 20.5. The van der Waals surface area contributed by atoms with Gasteiger partial charge in [-0.05, 0) is 76.5 Å². The van der Waals surface area contributed by atoms with Gasteiger partial charge in [0.15, 0.2) is 0 Å². The van der Waals surface area contributed by atoms with Crippen molar-refractivity contribution in [2.24, 2.45) is 15.7 Å². The van der Waals surface area contributed by atoms with E-state index in [-0.39, 0.29) is 10.2 Å². The highest BCUT2D eigenvalue weighted by molar-refractivity contribution is 7.91. The van der Waals surface area contributed by atoms with Crippen molar-refractivity contribution < 1.29 is 14.0 Å². The second-order valence-corrected chi connectivity index (χ2v) is 11.6. The normalized spacial score (nSPS) is 27.4. The van der Waals surface area contributed by atoms with Crippen LogP contribution in [0.15, 0.2) is 22.6 Å². The Morgan fingerprint density at radius 3 is 2.50 bits per heavy atom. The maximum absolute atomic E-state index is 12.9. The smallest absolute Gasteiger partial charge is 0.144 e. The van der Waals surface area contributed by atoms with Crippen LogP contribution in [0.2, 0.25) is 0 Å². The molecule has 156 valence electrons. The van der Waals surface area contributed by atoms with E-state index in [1.54, 1.807) is 7.11 Å². The molecule has 3 rings (SSSR count). The summed E-state index contributed by atoms with van der Waals surface area (Å²) in [6, 6.07) is 6.37. The maximum Gasteiger partial charge on any atom is 0.144 e. The van der Waals surface area contributed by atoms with Gasteiger partial charge in [-0.25, -0.2) is 0 Å². The monoisotopic (exact) mass is 405 g/mol. The van der Waals surface area contributed by atoms with Crippen LogP contribution in [0.25, 0.3) is 0 Å². The molecule has 1 atom stereocenters. The summed E-state index contributed by atoms with van der Waals surface area (Å²) in [6.07, 6.45) is 5.42. The van der Waals surface area contributed by atoms with Crippen molar-refractivity contribution in [3.05, 3.63) is 29.3 Å². The second kappa shape index (κ2) is 8.37. The van der Waals surface area contributed by atoms with Gasteiger partial charge in [-0.3, -0.25) is 0 Å². The molecule has 1 fully saturated rings. The number of hydrogen-bond donors (Lipinski definition) is 0. The minimum Gasteiger partial charge on any atom is -0.591 e. The molecule has 4 nitrogen and oxygen atoms in total. The maximum atomic E-state index is 12.9. The first-order valence-electron chi connectivity index (χ1n) is 10.4. The molecule has 1 unspecified atom stereocenters. The van der Waals surface area contributed by atoms with Gasteiger partial charge in [0.25, 0.3) is 0 Å². The summed E-state index contributed by atoms with van der Waals surface area (Å²) in [5.41, 5.74) is 3.45. The second-order valence-electron chi connectivity index (χ2n) is 9.72. The van der Waals surface area contributed by atoms with Gasteiger partial charge in [-0.15, -0.1) is 0 Å². The van der Waals surface area contributed by atoms with Gasteiger partial charge in [-0.2, -0.15) is 0 Å². The van der Waals surface area contributed by atoms with E-state index in [1.807, 2.05) is 20.8 Å². The lowest BCUT2D eigenvalue weighted by molar-refractivity contribution is 0.0468. The molecule has 0 amide bonds. The summed E-state index contributed by atoms with van der Waals surface area (Å²) in [4.78, 5) is 0. The van der Waals surface area contributed by atoms with Crippen LogP contribution in [0, 0.1) is 11.3 Å².